The largest absolute Gasteiger partial charge is 0.493 e. The Balaban J connectivity index is 1.89. The minimum absolute atomic E-state index is 0.0102. The maximum absolute atomic E-state index is 12.6. The van der Waals surface area contributed by atoms with Gasteiger partial charge in [0, 0.05) is 19.1 Å². The summed E-state index contributed by atoms with van der Waals surface area (Å²) in [6.45, 7) is 3.46. The van der Waals surface area contributed by atoms with Crippen molar-refractivity contribution in [1.29, 1.82) is 0 Å². The molecule has 0 spiro atoms. The molecular weight excluding hydrogens is 334 g/mol. The van der Waals surface area contributed by atoms with Crippen LogP contribution < -0.4 is 14.8 Å². The zero-order valence-electron chi connectivity index (χ0n) is 16.1. The van der Waals surface area contributed by atoms with E-state index in [0.29, 0.717) is 30.6 Å². The van der Waals surface area contributed by atoms with E-state index in [-0.39, 0.29) is 24.9 Å². The molecule has 1 fully saturated rings. The molecule has 2 amide bonds. The molecule has 2 rings (SSSR count). The summed E-state index contributed by atoms with van der Waals surface area (Å²) >= 11 is 0. The number of nitrogens with one attached hydrogen (secondary N) is 1. The van der Waals surface area contributed by atoms with E-state index in [4.69, 9.17) is 9.47 Å². The quantitative estimate of drug-likeness (QED) is 0.678. The first-order valence-corrected chi connectivity index (χ1v) is 8.93. The molecule has 1 aliphatic rings. The predicted octanol–water partition coefficient (Wildman–Crippen LogP) is 1.26. The van der Waals surface area contributed by atoms with Gasteiger partial charge in [-0.25, -0.2) is 0 Å². The van der Waals surface area contributed by atoms with Crippen LogP contribution in [0.15, 0.2) is 18.2 Å². The molecule has 0 unspecified atom stereocenters. The van der Waals surface area contributed by atoms with Crippen molar-refractivity contribution in [2.24, 2.45) is 0 Å². The predicted molar refractivity (Wildman–Crippen MR) is 99.3 cm³/mol. The van der Waals surface area contributed by atoms with Crippen molar-refractivity contribution in [3.05, 3.63) is 23.8 Å². The van der Waals surface area contributed by atoms with Gasteiger partial charge >= 0.3 is 0 Å². The maximum atomic E-state index is 12.6. The fraction of sp³-hybridized carbons (Fsp3) is 0.579. The first kappa shape index (κ1) is 20.0. The van der Waals surface area contributed by atoms with E-state index in [2.05, 4.69) is 5.32 Å². The number of carbonyl (C=O) groups excluding carboxylic acids is 2. The van der Waals surface area contributed by atoms with E-state index < -0.39 is 0 Å². The van der Waals surface area contributed by atoms with Crippen LogP contribution in [0, 0.1) is 0 Å². The summed E-state index contributed by atoms with van der Waals surface area (Å²) in [5.74, 6) is 1.27. The summed E-state index contributed by atoms with van der Waals surface area (Å²) < 4.78 is 10.6. The molecular formula is C19H29N3O4. The van der Waals surface area contributed by atoms with Crippen LogP contribution in [0.4, 0.5) is 0 Å². The van der Waals surface area contributed by atoms with Gasteiger partial charge in [-0.3, -0.25) is 14.5 Å². The maximum Gasteiger partial charge on any atom is 0.237 e. The molecule has 1 saturated carbocycles. The minimum atomic E-state index is -0.0225. The highest BCUT2D eigenvalue weighted by Crippen LogP contribution is 2.28. The van der Waals surface area contributed by atoms with E-state index in [1.807, 2.05) is 25.1 Å². The Hall–Kier alpha value is -2.28. The highest BCUT2D eigenvalue weighted by Gasteiger charge is 2.24. The monoisotopic (exact) mass is 363 g/mol. The van der Waals surface area contributed by atoms with E-state index >= 15 is 0 Å². The van der Waals surface area contributed by atoms with Crippen molar-refractivity contribution in [2.75, 3.05) is 40.9 Å². The van der Waals surface area contributed by atoms with E-state index in [1.165, 1.54) is 0 Å². The van der Waals surface area contributed by atoms with Crippen LogP contribution >= 0.6 is 0 Å². The molecule has 1 N–H and O–H groups in total. The van der Waals surface area contributed by atoms with Crippen LogP contribution in [-0.2, 0) is 16.1 Å². The molecule has 0 bridgehead atoms. The summed E-state index contributed by atoms with van der Waals surface area (Å²) in [6, 6.07) is 5.97. The van der Waals surface area contributed by atoms with Crippen LogP contribution in [0.1, 0.15) is 25.3 Å². The summed E-state index contributed by atoms with van der Waals surface area (Å²) in [6.07, 6.45) is 2.12. The molecule has 0 radical (unpaired) electrons. The van der Waals surface area contributed by atoms with Gasteiger partial charge in [0.1, 0.15) is 0 Å². The van der Waals surface area contributed by atoms with Crippen molar-refractivity contribution < 1.29 is 19.1 Å². The fourth-order valence-electron chi connectivity index (χ4n) is 2.71. The Morgan fingerprint density at radius 3 is 2.42 bits per heavy atom. The first-order valence-electron chi connectivity index (χ1n) is 8.93. The van der Waals surface area contributed by atoms with Gasteiger partial charge in [-0.05, 0) is 44.5 Å². The highest BCUT2D eigenvalue weighted by atomic mass is 16.5. The van der Waals surface area contributed by atoms with Crippen molar-refractivity contribution in [3.8, 4) is 11.5 Å². The number of rotatable bonds is 10. The second-order valence-corrected chi connectivity index (χ2v) is 6.61. The molecule has 0 saturated heterocycles. The van der Waals surface area contributed by atoms with Gasteiger partial charge in [0.15, 0.2) is 11.5 Å². The van der Waals surface area contributed by atoms with Gasteiger partial charge in [-0.15, -0.1) is 0 Å². The van der Waals surface area contributed by atoms with Crippen LogP contribution in [0.2, 0.25) is 0 Å². The molecule has 0 aromatic heterocycles. The van der Waals surface area contributed by atoms with Crippen molar-refractivity contribution in [3.63, 3.8) is 0 Å². The number of benzene rings is 1. The molecule has 7 heteroatoms. The second-order valence-electron chi connectivity index (χ2n) is 6.61. The lowest BCUT2D eigenvalue weighted by Crippen LogP contribution is -2.42. The molecule has 0 atom stereocenters. The fourth-order valence-corrected chi connectivity index (χ4v) is 2.71. The molecule has 0 aliphatic heterocycles. The van der Waals surface area contributed by atoms with Crippen molar-refractivity contribution >= 4 is 11.8 Å². The highest BCUT2D eigenvalue weighted by molar-refractivity contribution is 5.81. The van der Waals surface area contributed by atoms with Crippen molar-refractivity contribution in [2.45, 2.75) is 32.4 Å². The van der Waals surface area contributed by atoms with E-state index in [0.717, 1.165) is 18.4 Å². The van der Waals surface area contributed by atoms with Gasteiger partial charge in [0.25, 0.3) is 0 Å². The van der Waals surface area contributed by atoms with Gasteiger partial charge in [-0.2, -0.15) is 0 Å². The lowest BCUT2D eigenvalue weighted by atomic mass is 10.2. The molecule has 7 nitrogen and oxygen atoms in total. The van der Waals surface area contributed by atoms with E-state index in [1.54, 1.807) is 31.1 Å². The Morgan fingerprint density at radius 2 is 1.85 bits per heavy atom. The standard InChI is InChI=1S/C19H29N3O4/c1-5-22(11-14-6-9-16(25-3)17(10-14)26-4)19(24)13-21(2)12-18(23)20-15-7-8-15/h6,9-10,15H,5,7-8,11-13H2,1-4H3,(H,20,23). The van der Waals surface area contributed by atoms with Gasteiger partial charge in [-0.1, -0.05) is 6.07 Å². The summed E-state index contributed by atoms with van der Waals surface area (Å²) in [5.41, 5.74) is 0.965. The number of ether oxygens (including phenoxy) is 2. The van der Waals surface area contributed by atoms with Crippen LogP contribution in [0.5, 0.6) is 11.5 Å². The third-order valence-electron chi connectivity index (χ3n) is 4.32. The lowest BCUT2D eigenvalue weighted by molar-refractivity contribution is -0.133. The summed E-state index contributed by atoms with van der Waals surface area (Å²) in [4.78, 5) is 27.9. The van der Waals surface area contributed by atoms with Crippen molar-refractivity contribution in [1.82, 2.24) is 15.1 Å². The number of hydrogen-bond acceptors (Lipinski definition) is 5. The summed E-state index contributed by atoms with van der Waals surface area (Å²) in [5, 5.41) is 2.93. The minimum Gasteiger partial charge on any atom is -0.493 e. The molecule has 26 heavy (non-hydrogen) atoms. The molecule has 144 valence electrons. The number of likely N-dealkylation sites (N-methyl/N-ethyl adjacent to an activating group) is 2. The summed E-state index contributed by atoms with van der Waals surface area (Å²) in [7, 11) is 4.97. The van der Waals surface area contributed by atoms with Crippen LogP contribution in [0.3, 0.4) is 0 Å². The van der Waals surface area contributed by atoms with Gasteiger partial charge < -0.3 is 19.7 Å². The first-order chi connectivity index (χ1) is 12.5. The Morgan fingerprint density at radius 1 is 1.15 bits per heavy atom. The molecule has 1 aromatic carbocycles. The number of methoxy groups -OCH3 is 2. The van der Waals surface area contributed by atoms with Gasteiger partial charge in [0.2, 0.25) is 11.8 Å². The van der Waals surface area contributed by atoms with Crippen LogP contribution in [0.25, 0.3) is 0 Å². The SMILES string of the molecule is CCN(Cc1ccc(OC)c(OC)c1)C(=O)CN(C)CC(=O)NC1CC1. The number of nitrogens with zero attached hydrogens (tertiary/aromatic N) is 2. The zero-order chi connectivity index (χ0) is 19.1. The Kier molecular flexibility index (Phi) is 7.26. The lowest BCUT2D eigenvalue weighted by Gasteiger charge is -2.24. The third kappa shape index (κ3) is 5.91. The Labute approximate surface area is 155 Å². The average molecular weight is 363 g/mol. The van der Waals surface area contributed by atoms with E-state index in [9.17, 15) is 9.59 Å². The number of carbonyl (C=O) groups is 2. The number of amides is 2. The second kappa shape index (κ2) is 9.43. The number of hydrogen-bond donors (Lipinski definition) is 1. The Bertz CT molecular complexity index is 631. The average Bonchev–Trinajstić information content (AvgIpc) is 3.42. The molecule has 1 aliphatic carbocycles. The third-order valence-corrected chi connectivity index (χ3v) is 4.32. The zero-order valence-corrected chi connectivity index (χ0v) is 16.1. The smallest absolute Gasteiger partial charge is 0.237 e. The molecule has 1 aromatic rings. The van der Waals surface area contributed by atoms with Gasteiger partial charge in [0.05, 0.1) is 27.3 Å². The topological polar surface area (TPSA) is 71.1 Å². The normalized spacial score (nSPS) is 13.4. The molecule has 0 heterocycles. The van der Waals surface area contributed by atoms with Crippen LogP contribution in [-0.4, -0.2) is 68.6 Å².